The van der Waals surface area contributed by atoms with Crippen LogP contribution in [0, 0.1) is 5.82 Å². The van der Waals surface area contributed by atoms with E-state index in [1.165, 1.54) is 6.07 Å². The molecule has 0 atom stereocenters. The van der Waals surface area contributed by atoms with E-state index in [0.29, 0.717) is 38.2 Å². The van der Waals surface area contributed by atoms with Gasteiger partial charge in [-0.1, -0.05) is 32.0 Å². The quantitative estimate of drug-likeness (QED) is 0.889. The molecule has 1 heterocycles. The van der Waals surface area contributed by atoms with Crippen molar-refractivity contribution in [2.45, 2.75) is 37.6 Å². The number of amides is 1. The average molecular weight is 331 g/mol. The highest BCUT2D eigenvalue weighted by atomic mass is 35.5. The molecule has 1 amide bonds. The van der Waals surface area contributed by atoms with E-state index in [2.05, 4.69) is 5.32 Å². The van der Waals surface area contributed by atoms with Crippen LogP contribution in [0.25, 0.3) is 0 Å². The Balaban J connectivity index is 0.00000242. The first-order valence-electron chi connectivity index (χ1n) is 7.25. The fourth-order valence-electron chi connectivity index (χ4n) is 2.55. The Kier molecular flexibility index (Phi) is 6.35. The molecule has 0 bridgehead atoms. The summed E-state index contributed by atoms with van der Waals surface area (Å²) in [6.07, 6.45) is 1.03. The van der Waals surface area contributed by atoms with Gasteiger partial charge in [0, 0.05) is 25.2 Å². The van der Waals surface area contributed by atoms with E-state index >= 15 is 0 Å². The van der Waals surface area contributed by atoms with Crippen molar-refractivity contribution in [2.24, 2.45) is 5.73 Å². The molecule has 1 aromatic rings. The first kappa shape index (κ1) is 18.9. The minimum Gasteiger partial charge on any atom is -0.381 e. The van der Waals surface area contributed by atoms with Crippen LogP contribution in [0.3, 0.4) is 0 Å². The summed E-state index contributed by atoms with van der Waals surface area (Å²) in [4.78, 5) is 12.3. The lowest BCUT2D eigenvalue weighted by molar-refractivity contribution is -0.130. The third kappa shape index (κ3) is 4.18. The Hall–Kier alpha value is -1.17. The standard InChI is InChI=1S/C16H23FN2O2.ClH/c1-15(2,12-5-3-4-6-13(12)17)11-19-14(20)16(18)7-9-21-10-8-16;/h3-6H,7-11,18H2,1-2H3,(H,19,20);1H. The number of benzene rings is 1. The van der Waals surface area contributed by atoms with E-state index in [0.717, 1.165) is 0 Å². The summed E-state index contributed by atoms with van der Waals surface area (Å²) >= 11 is 0. The van der Waals surface area contributed by atoms with Gasteiger partial charge in [-0.3, -0.25) is 4.79 Å². The molecule has 22 heavy (non-hydrogen) atoms. The van der Waals surface area contributed by atoms with Gasteiger partial charge in [-0.05, 0) is 24.5 Å². The molecular weight excluding hydrogens is 307 g/mol. The SMILES string of the molecule is CC(C)(CNC(=O)C1(N)CCOCC1)c1ccccc1F.Cl. The molecule has 124 valence electrons. The molecule has 3 N–H and O–H groups in total. The molecule has 1 aromatic carbocycles. The number of hydrogen-bond acceptors (Lipinski definition) is 3. The molecule has 0 aromatic heterocycles. The molecule has 2 rings (SSSR count). The first-order valence-corrected chi connectivity index (χ1v) is 7.25. The zero-order valence-electron chi connectivity index (χ0n) is 13.0. The minimum absolute atomic E-state index is 0. The van der Waals surface area contributed by atoms with Crippen molar-refractivity contribution in [3.63, 3.8) is 0 Å². The molecule has 1 fully saturated rings. The van der Waals surface area contributed by atoms with Crippen molar-refractivity contribution in [1.29, 1.82) is 0 Å². The van der Waals surface area contributed by atoms with Crippen LogP contribution in [0.4, 0.5) is 4.39 Å². The van der Waals surface area contributed by atoms with E-state index in [-0.39, 0.29) is 24.1 Å². The Morgan fingerprint density at radius 3 is 2.55 bits per heavy atom. The Bertz CT molecular complexity index is 517. The number of nitrogens with one attached hydrogen (secondary N) is 1. The van der Waals surface area contributed by atoms with Crippen molar-refractivity contribution >= 4 is 18.3 Å². The van der Waals surface area contributed by atoms with E-state index in [1.807, 2.05) is 13.8 Å². The van der Waals surface area contributed by atoms with Gasteiger partial charge in [0.1, 0.15) is 5.82 Å². The maximum absolute atomic E-state index is 13.9. The predicted molar refractivity (Wildman–Crippen MR) is 86.7 cm³/mol. The van der Waals surface area contributed by atoms with Crippen LogP contribution in [0.2, 0.25) is 0 Å². The molecule has 0 spiro atoms. The van der Waals surface area contributed by atoms with Gasteiger partial charge in [0.15, 0.2) is 0 Å². The normalized spacial score (nSPS) is 17.5. The van der Waals surface area contributed by atoms with Crippen molar-refractivity contribution in [2.75, 3.05) is 19.8 Å². The first-order chi connectivity index (χ1) is 9.85. The van der Waals surface area contributed by atoms with Crippen LogP contribution in [0.1, 0.15) is 32.3 Å². The lowest BCUT2D eigenvalue weighted by Crippen LogP contribution is -2.58. The number of carbonyl (C=O) groups is 1. The van der Waals surface area contributed by atoms with Crippen molar-refractivity contribution in [1.82, 2.24) is 5.32 Å². The van der Waals surface area contributed by atoms with Gasteiger partial charge < -0.3 is 15.8 Å². The highest BCUT2D eigenvalue weighted by Gasteiger charge is 2.36. The Morgan fingerprint density at radius 2 is 1.95 bits per heavy atom. The third-order valence-corrected chi connectivity index (χ3v) is 4.13. The van der Waals surface area contributed by atoms with Gasteiger partial charge in [0.05, 0.1) is 5.54 Å². The van der Waals surface area contributed by atoms with Gasteiger partial charge in [0.25, 0.3) is 0 Å². The lowest BCUT2D eigenvalue weighted by Gasteiger charge is -2.34. The van der Waals surface area contributed by atoms with Gasteiger partial charge in [-0.25, -0.2) is 4.39 Å². The number of nitrogens with two attached hydrogens (primary N) is 1. The fraction of sp³-hybridized carbons (Fsp3) is 0.562. The molecule has 6 heteroatoms. The summed E-state index contributed by atoms with van der Waals surface area (Å²) < 4.78 is 19.1. The van der Waals surface area contributed by atoms with Gasteiger partial charge in [-0.15, -0.1) is 12.4 Å². The van der Waals surface area contributed by atoms with Crippen molar-refractivity contribution in [3.8, 4) is 0 Å². The Morgan fingerprint density at radius 1 is 1.36 bits per heavy atom. The number of carbonyl (C=O) groups excluding carboxylic acids is 1. The van der Waals surface area contributed by atoms with E-state index < -0.39 is 11.0 Å². The van der Waals surface area contributed by atoms with Crippen LogP contribution < -0.4 is 11.1 Å². The molecule has 0 saturated carbocycles. The molecule has 1 aliphatic rings. The number of hydrogen-bond donors (Lipinski definition) is 2. The summed E-state index contributed by atoms with van der Waals surface area (Å²) in [7, 11) is 0. The maximum atomic E-state index is 13.9. The second kappa shape index (κ2) is 7.40. The summed E-state index contributed by atoms with van der Waals surface area (Å²) in [6.45, 7) is 5.14. The predicted octanol–water partition coefficient (Wildman–Crippen LogP) is 2.15. The van der Waals surface area contributed by atoms with Gasteiger partial charge in [0.2, 0.25) is 5.91 Å². The highest BCUT2D eigenvalue weighted by Crippen LogP contribution is 2.25. The van der Waals surface area contributed by atoms with Crippen LogP contribution in [0.15, 0.2) is 24.3 Å². The van der Waals surface area contributed by atoms with Crippen LogP contribution in [0.5, 0.6) is 0 Å². The molecule has 1 saturated heterocycles. The van der Waals surface area contributed by atoms with Crippen molar-refractivity contribution in [3.05, 3.63) is 35.6 Å². The second-order valence-electron chi connectivity index (χ2n) is 6.31. The van der Waals surface area contributed by atoms with E-state index in [9.17, 15) is 9.18 Å². The number of rotatable bonds is 4. The van der Waals surface area contributed by atoms with Crippen LogP contribution >= 0.6 is 12.4 Å². The highest BCUT2D eigenvalue weighted by molar-refractivity contribution is 5.86. The zero-order chi connectivity index (χ0) is 15.5. The number of ether oxygens (including phenoxy) is 1. The summed E-state index contributed by atoms with van der Waals surface area (Å²) in [6, 6.07) is 6.63. The molecule has 0 unspecified atom stereocenters. The van der Waals surface area contributed by atoms with E-state index in [4.69, 9.17) is 10.5 Å². The molecular formula is C16H24ClFN2O2. The Labute approximate surface area is 137 Å². The fourth-order valence-corrected chi connectivity index (χ4v) is 2.55. The van der Waals surface area contributed by atoms with Crippen LogP contribution in [-0.2, 0) is 14.9 Å². The van der Waals surface area contributed by atoms with Gasteiger partial charge in [-0.2, -0.15) is 0 Å². The lowest BCUT2D eigenvalue weighted by atomic mass is 9.83. The zero-order valence-corrected chi connectivity index (χ0v) is 13.8. The van der Waals surface area contributed by atoms with E-state index in [1.54, 1.807) is 18.2 Å². The van der Waals surface area contributed by atoms with Gasteiger partial charge >= 0.3 is 0 Å². The second-order valence-corrected chi connectivity index (χ2v) is 6.31. The summed E-state index contributed by atoms with van der Waals surface area (Å²) in [5.41, 5.74) is 5.35. The number of halogens is 2. The molecule has 4 nitrogen and oxygen atoms in total. The summed E-state index contributed by atoms with van der Waals surface area (Å²) in [5.74, 6) is -0.444. The summed E-state index contributed by atoms with van der Waals surface area (Å²) in [5, 5.41) is 2.87. The monoisotopic (exact) mass is 330 g/mol. The largest absolute Gasteiger partial charge is 0.381 e. The maximum Gasteiger partial charge on any atom is 0.240 e. The average Bonchev–Trinajstić information content (AvgIpc) is 2.46. The van der Waals surface area contributed by atoms with Crippen LogP contribution in [-0.4, -0.2) is 31.2 Å². The smallest absolute Gasteiger partial charge is 0.240 e. The minimum atomic E-state index is -0.871. The van der Waals surface area contributed by atoms with Crippen molar-refractivity contribution < 1.29 is 13.9 Å². The third-order valence-electron chi connectivity index (χ3n) is 4.13. The molecule has 0 radical (unpaired) electrons. The molecule has 1 aliphatic heterocycles. The molecule has 0 aliphatic carbocycles. The topological polar surface area (TPSA) is 64.4 Å².